The van der Waals surface area contributed by atoms with Crippen molar-refractivity contribution in [1.82, 2.24) is 0 Å². The van der Waals surface area contributed by atoms with E-state index in [4.69, 9.17) is 10.2 Å². The summed E-state index contributed by atoms with van der Waals surface area (Å²) in [6.07, 6.45) is 0. The van der Waals surface area contributed by atoms with Crippen LogP contribution in [0.25, 0.3) is 0 Å². The maximum atomic E-state index is 7.57. The van der Waals surface area contributed by atoms with E-state index in [0.717, 1.165) is 0 Å². The summed E-state index contributed by atoms with van der Waals surface area (Å²) >= 11 is 0. The molecule has 0 heterocycles. The number of hydrogen-bond donors (Lipinski definition) is 2. The van der Waals surface area contributed by atoms with Gasteiger partial charge in [-0.1, -0.05) is 9.24 Å². The molecule has 0 aliphatic heterocycles. The van der Waals surface area contributed by atoms with Gasteiger partial charge in [-0.15, -0.1) is 0 Å². The van der Waals surface area contributed by atoms with Gasteiger partial charge >= 0.3 is 0 Å². The zero-order valence-electron chi connectivity index (χ0n) is 2.05. The van der Waals surface area contributed by atoms with Crippen LogP contribution in [0.2, 0.25) is 0 Å². The van der Waals surface area contributed by atoms with Gasteiger partial charge in [0.1, 0.15) is 0 Å². The minimum atomic E-state index is -1.25. The third-order valence-corrected chi connectivity index (χ3v) is 0. The van der Waals surface area contributed by atoms with Gasteiger partial charge in [-0.2, -0.15) is 0 Å². The molecule has 0 radical (unpaired) electrons. The van der Waals surface area contributed by atoms with Crippen LogP contribution in [-0.4, -0.2) is 16.2 Å². The number of aliphatic hydroxyl groups excluding tert-OH is 1. The maximum absolute atomic E-state index is 7.57. The predicted octanol–water partition coefficient (Wildman–Crippen LogP) is -0.870. The molecule has 1 atom stereocenters. The van der Waals surface area contributed by atoms with Gasteiger partial charge in [0, 0.05) is 0 Å². The normalized spacial score (nSPS) is 9.00. The molecule has 0 aliphatic carbocycles. The van der Waals surface area contributed by atoms with Crippen LogP contribution in [0.3, 0.4) is 0 Å². The Kier molecular flexibility index (Phi) is 1.79. The first-order chi connectivity index (χ1) is 1.73. The first-order valence-electron chi connectivity index (χ1n) is 0.850. The smallest absolute Gasteiger partial charge is 0.164 e. The molecule has 2 N–H and O–H groups in total. The summed E-state index contributed by atoms with van der Waals surface area (Å²) in [7, 11) is 1.77. The van der Waals surface area contributed by atoms with Gasteiger partial charge in [-0.05, 0) is 0 Å². The van der Waals surface area contributed by atoms with Crippen LogP contribution in [0.4, 0.5) is 0 Å². The molecular formula is CH5O2P. The summed E-state index contributed by atoms with van der Waals surface area (Å²) in [5.74, 6) is 0. The van der Waals surface area contributed by atoms with Gasteiger partial charge < -0.3 is 10.2 Å². The van der Waals surface area contributed by atoms with Crippen molar-refractivity contribution >= 4 is 9.24 Å². The fraction of sp³-hybridized carbons (Fsp3) is 1.00. The van der Waals surface area contributed by atoms with Crippen LogP contribution in [0.1, 0.15) is 0 Å². The Morgan fingerprint density at radius 3 is 1.50 bits per heavy atom. The summed E-state index contributed by atoms with van der Waals surface area (Å²) in [5, 5.41) is 15.1. The van der Waals surface area contributed by atoms with E-state index in [-0.39, 0.29) is 0 Å². The number of aliphatic hydroxyl groups is 2. The van der Waals surface area contributed by atoms with Gasteiger partial charge in [0.05, 0.1) is 0 Å². The highest BCUT2D eigenvalue weighted by Crippen LogP contribution is 1.81. The quantitative estimate of drug-likeness (QED) is 0.293. The van der Waals surface area contributed by atoms with Gasteiger partial charge in [0.2, 0.25) is 0 Å². The molecule has 3 heteroatoms. The van der Waals surface area contributed by atoms with Crippen LogP contribution in [0.5, 0.6) is 0 Å². The highest BCUT2D eigenvalue weighted by molar-refractivity contribution is 7.16. The lowest BCUT2D eigenvalue weighted by Gasteiger charge is -1.80. The second-order valence-electron chi connectivity index (χ2n) is 0.414. The fourth-order valence-electron chi connectivity index (χ4n) is 0. The standard InChI is InChI=1S/CH5O2P/c2-1(3)4/h1-3H,4H2. The minimum Gasteiger partial charge on any atom is -0.365 e. The largest absolute Gasteiger partial charge is 0.365 e. The molecule has 0 aromatic carbocycles. The predicted molar refractivity (Wildman–Crippen MR) is 17.9 cm³/mol. The van der Waals surface area contributed by atoms with E-state index in [1.54, 1.807) is 9.24 Å². The highest BCUT2D eigenvalue weighted by atomic mass is 31.0. The summed E-state index contributed by atoms with van der Waals surface area (Å²) in [5.41, 5.74) is 0. The van der Waals surface area contributed by atoms with Crippen LogP contribution in [0, 0.1) is 0 Å². The average molecular weight is 80.0 g/mol. The second-order valence-corrected chi connectivity index (χ2v) is 1.01. The average Bonchev–Trinajstić information content (AvgIpc) is 0.811. The van der Waals surface area contributed by atoms with E-state index in [1.807, 2.05) is 0 Å². The molecule has 0 saturated heterocycles. The molecule has 0 spiro atoms. The Hall–Kier alpha value is 0.350. The Labute approximate surface area is 26.7 Å². The van der Waals surface area contributed by atoms with Crippen molar-refractivity contribution < 1.29 is 10.2 Å². The van der Waals surface area contributed by atoms with Crippen LogP contribution in [-0.2, 0) is 0 Å². The van der Waals surface area contributed by atoms with Crippen molar-refractivity contribution in [1.29, 1.82) is 0 Å². The molecule has 0 bridgehead atoms. The molecule has 0 amide bonds. The molecular weight excluding hydrogens is 75.0 g/mol. The van der Waals surface area contributed by atoms with Gasteiger partial charge in [0.15, 0.2) is 6.03 Å². The molecule has 0 rings (SSSR count). The first kappa shape index (κ1) is 4.35. The Morgan fingerprint density at radius 1 is 1.50 bits per heavy atom. The Bertz CT molecular complexity index is 10.8. The number of rotatable bonds is 0. The van der Waals surface area contributed by atoms with E-state index < -0.39 is 6.03 Å². The van der Waals surface area contributed by atoms with Crippen LogP contribution >= 0.6 is 9.24 Å². The van der Waals surface area contributed by atoms with Gasteiger partial charge in [0.25, 0.3) is 0 Å². The summed E-state index contributed by atoms with van der Waals surface area (Å²) in [6, 6.07) is -1.25. The second kappa shape index (κ2) is 1.65. The Morgan fingerprint density at radius 2 is 1.50 bits per heavy atom. The third-order valence-electron chi connectivity index (χ3n) is 0. The van der Waals surface area contributed by atoms with Crippen molar-refractivity contribution in [3.8, 4) is 0 Å². The molecule has 0 aliphatic rings. The van der Waals surface area contributed by atoms with Crippen molar-refractivity contribution in [2.75, 3.05) is 0 Å². The van der Waals surface area contributed by atoms with Gasteiger partial charge in [-0.25, -0.2) is 0 Å². The molecule has 0 saturated carbocycles. The summed E-state index contributed by atoms with van der Waals surface area (Å²) < 4.78 is 0. The SMILES string of the molecule is OC(O)P. The van der Waals surface area contributed by atoms with Crippen molar-refractivity contribution in [2.45, 2.75) is 6.03 Å². The molecule has 0 aromatic rings. The monoisotopic (exact) mass is 80.0 g/mol. The van der Waals surface area contributed by atoms with Gasteiger partial charge in [-0.3, -0.25) is 0 Å². The van der Waals surface area contributed by atoms with Crippen molar-refractivity contribution in [2.24, 2.45) is 0 Å². The van der Waals surface area contributed by atoms with E-state index in [0.29, 0.717) is 0 Å². The lowest BCUT2D eigenvalue weighted by Crippen LogP contribution is -1.85. The highest BCUT2D eigenvalue weighted by Gasteiger charge is 1.70. The minimum absolute atomic E-state index is 1.25. The molecule has 4 heavy (non-hydrogen) atoms. The third kappa shape index (κ3) is 35.0. The van der Waals surface area contributed by atoms with Crippen molar-refractivity contribution in [3.05, 3.63) is 0 Å². The van der Waals surface area contributed by atoms with E-state index >= 15 is 0 Å². The molecule has 0 aromatic heterocycles. The topological polar surface area (TPSA) is 40.5 Å². The lowest BCUT2D eigenvalue weighted by atomic mass is 11.5. The summed E-state index contributed by atoms with van der Waals surface area (Å²) in [4.78, 5) is 0. The zero-order valence-corrected chi connectivity index (χ0v) is 3.20. The van der Waals surface area contributed by atoms with E-state index in [2.05, 4.69) is 0 Å². The van der Waals surface area contributed by atoms with Crippen LogP contribution in [0.15, 0.2) is 0 Å². The lowest BCUT2D eigenvalue weighted by molar-refractivity contribution is 0.0395. The van der Waals surface area contributed by atoms with Crippen molar-refractivity contribution in [3.63, 3.8) is 0 Å². The van der Waals surface area contributed by atoms with Crippen LogP contribution < -0.4 is 0 Å². The van der Waals surface area contributed by atoms with E-state index in [1.165, 1.54) is 0 Å². The molecule has 2 nitrogen and oxygen atoms in total. The Balaban J connectivity index is 2.32. The zero-order chi connectivity index (χ0) is 3.58. The summed E-state index contributed by atoms with van der Waals surface area (Å²) in [6.45, 7) is 0. The fourth-order valence-corrected chi connectivity index (χ4v) is 0. The van der Waals surface area contributed by atoms with E-state index in [9.17, 15) is 0 Å². The molecule has 0 fully saturated rings. The first-order valence-corrected chi connectivity index (χ1v) is 1.52. The molecule has 1 unspecified atom stereocenters. The number of hydrogen-bond acceptors (Lipinski definition) is 2. The molecule has 26 valence electrons. The maximum Gasteiger partial charge on any atom is 0.164 e.